The first kappa shape index (κ1) is 19.6. The third-order valence-electron chi connectivity index (χ3n) is 6.58. The minimum Gasteiger partial charge on any atom is -0.352 e. The fourth-order valence-electron chi connectivity index (χ4n) is 5.02. The summed E-state index contributed by atoms with van der Waals surface area (Å²) in [5.74, 6) is -0.116. The summed E-state index contributed by atoms with van der Waals surface area (Å²) in [4.78, 5) is 28.8. The minimum atomic E-state index is -0.508. The Morgan fingerprint density at radius 2 is 1.96 bits per heavy atom. The predicted molar refractivity (Wildman–Crippen MR) is 106 cm³/mol. The molecule has 0 unspecified atom stereocenters. The lowest BCUT2D eigenvalue weighted by atomic mass is 9.57. The van der Waals surface area contributed by atoms with E-state index in [9.17, 15) is 14.0 Å². The molecule has 0 aromatic heterocycles. The second-order valence-electron chi connectivity index (χ2n) is 9.40. The summed E-state index contributed by atoms with van der Waals surface area (Å²) in [7, 11) is 0. The minimum absolute atomic E-state index is 0.0192. The van der Waals surface area contributed by atoms with Crippen molar-refractivity contribution in [2.24, 2.45) is 11.3 Å². The van der Waals surface area contributed by atoms with Gasteiger partial charge in [-0.1, -0.05) is 11.6 Å². The van der Waals surface area contributed by atoms with Crippen LogP contribution in [0, 0.1) is 17.2 Å². The van der Waals surface area contributed by atoms with Gasteiger partial charge < -0.3 is 10.2 Å². The lowest BCUT2D eigenvalue weighted by molar-refractivity contribution is -0.153. The molecule has 1 aliphatic carbocycles. The summed E-state index contributed by atoms with van der Waals surface area (Å²) in [6.45, 7) is 8.17. The van der Waals surface area contributed by atoms with Gasteiger partial charge in [0.05, 0.1) is 6.54 Å². The van der Waals surface area contributed by atoms with Crippen molar-refractivity contribution in [3.8, 4) is 0 Å². The molecule has 1 aromatic rings. The number of amides is 2. The van der Waals surface area contributed by atoms with Crippen LogP contribution in [0.25, 0.3) is 0 Å². The molecule has 2 saturated heterocycles. The van der Waals surface area contributed by atoms with Crippen molar-refractivity contribution in [3.63, 3.8) is 0 Å². The van der Waals surface area contributed by atoms with Crippen molar-refractivity contribution in [1.82, 2.24) is 15.1 Å². The summed E-state index contributed by atoms with van der Waals surface area (Å²) in [5, 5.41) is 3.11. The number of hydrogen-bond acceptors (Lipinski definition) is 3. The van der Waals surface area contributed by atoms with Crippen LogP contribution in [-0.2, 0) is 4.79 Å². The fourth-order valence-corrected chi connectivity index (χ4v) is 5.24. The van der Waals surface area contributed by atoms with Crippen LogP contribution in [0.1, 0.15) is 43.5 Å². The lowest BCUT2D eigenvalue weighted by Crippen LogP contribution is -2.66. The monoisotopic (exact) mass is 407 g/mol. The van der Waals surface area contributed by atoms with Crippen molar-refractivity contribution in [2.75, 3.05) is 32.7 Å². The molecule has 3 fully saturated rings. The molecule has 0 atom stereocenters. The molecule has 1 N–H and O–H groups in total. The van der Waals surface area contributed by atoms with Crippen LogP contribution in [0.4, 0.5) is 4.39 Å². The highest BCUT2D eigenvalue weighted by Gasteiger charge is 2.52. The topological polar surface area (TPSA) is 52.7 Å². The SMILES string of the molecule is CC1(C)CCN1C(=O)CN1CC2(CC(CNC(=O)c3cc(F)cc(Cl)c3)C2)C1. The fraction of sp³-hybridized carbons (Fsp3) is 0.619. The van der Waals surface area contributed by atoms with Crippen LogP contribution in [-0.4, -0.2) is 59.9 Å². The average molecular weight is 408 g/mol. The Hall–Kier alpha value is -1.66. The van der Waals surface area contributed by atoms with E-state index in [0.717, 1.165) is 38.9 Å². The van der Waals surface area contributed by atoms with E-state index in [0.29, 0.717) is 24.4 Å². The van der Waals surface area contributed by atoms with Gasteiger partial charge in [0, 0.05) is 42.3 Å². The summed E-state index contributed by atoms with van der Waals surface area (Å²) in [5.41, 5.74) is 0.592. The Bertz CT molecular complexity index is 779. The average Bonchev–Trinajstić information content (AvgIpc) is 2.52. The number of carbonyl (C=O) groups excluding carboxylic acids is 2. The van der Waals surface area contributed by atoms with Crippen LogP contribution < -0.4 is 5.32 Å². The van der Waals surface area contributed by atoms with Gasteiger partial charge in [0.1, 0.15) is 5.82 Å². The van der Waals surface area contributed by atoms with E-state index < -0.39 is 5.82 Å². The van der Waals surface area contributed by atoms with Crippen LogP contribution in [0.15, 0.2) is 18.2 Å². The van der Waals surface area contributed by atoms with Crippen LogP contribution in [0.2, 0.25) is 5.02 Å². The van der Waals surface area contributed by atoms with Gasteiger partial charge >= 0.3 is 0 Å². The van der Waals surface area contributed by atoms with Crippen molar-refractivity contribution in [2.45, 2.75) is 38.6 Å². The van der Waals surface area contributed by atoms with E-state index in [-0.39, 0.29) is 27.9 Å². The zero-order chi connectivity index (χ0) is 20.1. The highest BCUT2D eigenvalue weighted by atomic mass is 35.5. The number of nitrogens with one attached hydrogen (secondary N) is 1. The van der Waals surface area contributed by atoms with Gasteiger partial charge in [-0.2, -0.15) is 0 Å². The molecule has 4 rings (SSSR count). The van der Waals surface area contributed by atoms with Crippen LogP contribution in [0.5, 0.6) is 0 Å². The van der Waals surface area contributed by atoms with Crippen LogP contribution in [0.3, 0.4) is 0 Å². The molecule has 5 nitrogen and oxygen atoms in total. The highest BCUT2D eigenvalue weighted by Crippen LogP contribution is 2.51. The van der Waals surface area contributed by atoms with Gasteiger partial charge in [0.15, 0.2) is 0 Å². The second-order valence-corrected chi connectivity index (χ2v) is 9.83. The number of halogens is 2. The number of rotatable bonds is 5. The number of benzene rings is 1. The lowest BCUT2D eigenvalue weighted by Gasteiger charge is -2.60. The van der Waals surface area contributed by atoms with Gasteiger partial charge in [-0.15, -0.1) is 0 Å². The van der Waals surface area contributed by atoms with Crippen LogP contribution >= 0.6 is 11.6 Å². The number of carbonyl (C=O) groups is 2. The summed E-state index contributed by atoms with van der Waals surface area (Å²) >= 11 is 5.81. The Balaban J connectivity index is 1.17. The van der Waals surface area contributed by atoms with Gasteiger partial charge in [0.25, 0.3) is 5.91 Å². The van der Waals surface area contributed by atoms with Crippen molar-refractivity contribution in [3.05, 3.63) is 34.6 Å². The molecule has 0 radical (unpaired) electrons. The van der Waals surface area contributed by atoms with Crippen molar-refractivity contribution in [1.29, 1.82) is 0 Å². The van der Waals surface area contributed by atoms with E-state index in [1.165, 1.54) is 18.2 Å². The molecule has 2 amide bonds. The molecule has 2 aliphatic heterocycles. The normalized spacial score (nSPS) is 22.9. The van der Waals surface area contributed by atoms with Gasteiger partial charge in [-0.25, -0.2) is 4.39 Å². The van der Waals surface area contributed by atoms with Gasteiger partial charge in [-0.3, -0.25) is 14.5 Å². The molecular weight excluding hydrogens is 381 g/mol. The third-order valence-corrected chi connectivity index (χ3v) is 6.79. The molecule has 1 saturated carbocycles. The first-order valence-corrected chi connectivity index (χ1v) is 10.3. The van der Waals surface area contributed by atoms with Crippen molar-refractivity contribution < 1.29 is 14.0 Å². The van der Waals surface area contributed by atoms with E-state index >= 15 is 0 Å². The highest BCUT2D eigenvalue weighted by molar-refractivity contribution is 6.31. The quantitative estimate of drug-likeness (QED) is 0.816. The maximum Gasteiger partial charge on any atom is 0.251 e. The maximum absolute atomic E-state index is 13.4. The Morgan fingerprint density at radius 3 is 2.54 bits per heavy atom. The van der Waals surface area contributed by atoms with Gasteiger partial charge in [0.2, 0.25) is 5.91 Å². The standard InChI is InChI=1S/C21H27ClFN3O2/c1-20(2)3-4-26(20)18(27)11-25-12-21(13-25)8-14(9-21)10-24-19(28)15-5-16(22)7-17(23)6-15/h5-7,14H,3-4,8-13H2,1-2H3,(H,24,28). The molecule has 152 valence electrons. The number of likely N-dealkylation sites (tertiary alicyclic amines) is 2. The zero-order valence-electron chi connectivity index (χ0n) is 16.4. The molecule has 1 spiro atoms. The largest absolute Gasteiger partial charge is 0.352 e. The summed E-state index contributed by atoms with van der Waals surface area (Å²) < 4.78 is 13.4. The smallest absolute Gasteiger partial charge is 0.251 e. The summed E-state index contributed by atoms with van der Waals surface area (Å²) in [6, 6.07) is 3.86. The van der Waals surface area contributed by atoms with E-state index in [1.807, 2.05) is 4.90 Å². The number of hydrogen-bond donors (Lipinski definition) is 1. The number of nitrogens with zero attached hydrogens (tertiary/aromatic N) is 2. The third kappa shape index (κ3) is 3.77. The molecule has 7 heteroatoms. The van der Waals surface area contributed by atoms with E-state index in [2.05, 4.69) is 24.1 Å². The van der Waals surface area contributed by atoms with Crippen molar-refractivity contribution >= 4 is 23.4 Å². The molecule has 28 heavy (non-hydrogen) atoms. The molecule has 0 bridgehead atoms. The molecule has 3 aliphatic rings. The Morgan fingerprint density at radius 1 is 1.25 bits per heavy atom. The molecular formula is C21H27ClFN3O2. The zero-order valence-corrected chi connectivity index (χ0v) is 17.2. The van der Waals surface area contributed by atoms with Gasteiger partial charge in [-0.05, 0) is 62.6 Å². The molecule has 1 aromatic carbocycles. The maximum atomic E-state index is 13.4. The van der Waals surface area contributed by atoms with E-state index in [1.54, 1.807) is 0 Å². The molecule has 2 heterocycles. The predicted octanol–water partition coefficient (Wildman–Crippen LogP) is 2.93. The summed E-state index contributed by atoms with van der Waals surface area (Å²) in [6.07, 6.45) is 3.21. The Kier molecular flexibility index (Phi) is 4.91. The first-order valence-electron chi connectivity index (χ1n) is 9.93. The van der Waals surface area contributed by atoms with E-state index in [4.69, 9.17) is 11.6 Å². The Labute approximate surface area is 170 Å². The first-order chi connectivity index (χ1) is 13.2. The second kappa shape index (κ2) is 6.99.